The third-order valence-electron chi connectivity index (χ3n) is 0.311. The van der Waals surface area contributed by atoms with Crippen molar-refractivity contribution in [2.24, 2.45) is 0 Å². The summed E-state index contributed by atoms with van der Waals surface area (Å²) in [7, 11) is 0. The van der Waals surface area contributed by atoms with Gasteiger partial charge in [-0.1, -0.05) is 0 Å². The highest BCUT2D eigenvalue weighted by molar-refractivity contribution is 5.76. The monoisotopic (exact) mass is 53.0 g/mol. The molecule has 0 bridgehead atoms. The lowest BCUT2D eigenvalue weighted by molar-refractivity contribution is -0.309. The van der Waals surface area contributed by atoms with Crippen LogP contribution in [0.4, 0.5) is 0 Å². The van der Waals surface area contributed by atoms with Gasteiger partial charge in [0.25, 0.3) is 0 Å². The van der Waals surface area contributed by atoms with Gasteiger partial charge in [-0.25, -0.2) is 6.58 Å². The SMILES string of the molecule is [CH-]=C1C=[NH+]1. The maximum atomic E-state index is 4.97. The first-order valence-electron chi connectivity index (χ1n) is 1.12. The van der Waals surface area contributed by atoms with Gasteiger partial charge in [0.05, 0.1) is 11.9 Å². The van der Waals surface area contributed by atoms with Crippen LogP contribution in [0.5, 0.6) is 0 Å². The Kier molecular flexibility index (Phi) is 0.105. The molecule has 0 aromatic carbocycles. The summed E-state index contributed by atoms with van der Waals surface area (Å²) in [6, 6.07) is 0. The molecule has 0 aromatic rings. The van der Waals surface area contributed by atoms with E-state index in [1.165, 1.54) is 0 Å². The molecule has 20 valence electrons. The molecule has 0 amide bonds. The molecular weight excluding hydrogens is 50.0 g/mol. The zero-order valence-corrected chi connectivity index (χ0v) is 2.15. The molecule has 1 heteroatoms. The van der Waals surface area contributed by atoms with E-state index in [-0.39, 0.29) is 0 Å². The van der Waals surface area contributed by atoms with Gasteiger partial charge in [-0.15, -0.1) is 0 Å². The van der Waals surface area contributed by atoms with E-state index in [4.69, 9.17) is 6.58 Å². The fourth-order valence-corrected chi connectivity index (χ4v) is 0.0417. The highest BCUT2D eigenvalue weighted by Crippen LogP contribution is 1.60. The summed E-state index contributed by atoms with van der Waals surface area (Å²) in [6.07, 6.45) is 1.74. The molecule has 1 rings (SSSR count). The second-order valence-corrected chi connectivity index (χ2v) is 0.744. The lowest BCUT2D eigenvalue weighted by atomic mass is 10.8. The van der Waals surface area contributed by atoms with Crippen LogP contribution in [0, 0.1) is 6.58 Å². The zero-order chi connectivity index (χ0) is 2.99. The van der Waals surface area contributed by atoms with Crippen molar-refractivity contribution in [3.8, 4) is 0 Å². The summed E-state index contributed by atoms with van der Waals surface area (Å²) >= 11 is 0. The highest BCUT2D eigenvalue weighted by atomic mass is 14.9. The Bertz CT molecular complexity index is 63.4. The van der Waals surface area contributed by atoms with Gasteiger partial charge in [-0.3, -0.25) is 0 Å². The lowest BCUT2D eigenvalue weighted by Gasteiger charge is -1.39. The average molecular weight is 53.1 g/mol. The summed E-state index contributed by atoms with van der Waals surface area (Å²) in [6.45, 7) is 4.97. The summed E-state index contributed by atoms with van der Waals surface area (Å²) in [5, 5.41) is 0. The van der Waals surface area contributed by atoms with E-state index in [1.54, 1.807) is 6.21 Å². The van der Waals surface area contributed by atoms with Crippen molar-refractivity contribution in [3.05, 3.63) is 12.3 Å². The van der Waals surface area contributed by atoms with Crippen LogP contribution < -0.4 is 4.99 Å². The predicted molar refractivity (Wildman–Crippen MR) is 14.8 cm³/mol. The van der Waals surface area contributed by atoms with Crippen LogP contribution >= 0.6 is 0 Å². The number of rotatable bonds is 0. The fourth-order valence-electron chi connectivity index (χ4n) is 0.0417. The van der Waals surface area contributed by atoms with Crippen LogP contribution in [0.2, 0.25) is 0 Å². The molecule has 1 N–H and O–H groups in total. The van der Waals surface area contributed by atoms with Crippen molar-refractivity contribution in [1.82, 2.24) is 0 Å². The second-order valence-electron chi connectivity index (χ2n) is 0.744. The molecular formula is C3H3N. The molecule has 1 nitrogen and oxygen atoms in total. The van der Waals surface area contributed by atoms with Crippen molar-refractivity contribution in [2.45, 2.75) is 0 Å². The van der Waals surface area contributed by atoms with E-state index in [0.717, 1.165) is 5.70 Å². The third-order valence-corrected chi connectivity index (χ3v) is 0.311. The van der Waals surface area contributed by atoms with Crippen molar-refractivity contribution in [3.63, 3.8) is 0 Å². The normalized spacial score (nSPS) is 17.5. The standard InChI is InChI=1S/C3H2N/c1-3-2-4-3/h1-2H/q-1/p+1. The lowest BCUT2D eigenvalue weighted by Crippen LogP contribution is -2.42. The largest absolute Gasteiger partial charge is 0.313 e. The molecule has 0 aromatic heterocycles. The minimum absolute atomic E-state index is 0.792. The van der Waals surface area contributed by atoms with Crippen molar-refractivity contribution in [1.29, 1.82) is 0 Å². The molecule has 0 fully saturated rings. The van der Waals surface area contributed by atoms with Crippen LogP contribution in [0.15, 0.2) is 5.70 Å². The molecule has 0 radical (unpaired) electrons. The first-order valence-corrected chi connectivity index (χ1v) is 1.12. The van der Waals surface area contributed by atoms with Crippen LogP contribution in [0.1, 0.15) is 0 Å². The molecule has 0 saturated carbocycles. The Hall–Kier alpha value is -0.590. The Balaban J connectivity index is 2.80. The summed E-state index contributed by atoms with van der Waals surface area (Å²) in [5.74, 6) is 0. The highest BCUT2D eigenvalue weighted by Gasteiger charge is 1.88. The molecule has 1 heterocycles. The summed E-state index contributed by atoms with van der Waals surface area (Å²) < 4.78 is 0. The average Bonchev–Trinajstić information content (AvgIpc) is 1.75. The maximum Gasteiger partial charge on any atom is 0.0873 e. The Morgan fingerprint density at radius 3 is 2.25 bits per heavy atom. The van der Waals surface area contributed by atoms with E-state index in [1.807, 2.05) is 0 Å². The fraction of sp³-hybridized carbons (Fsp3) is 0. The smallest absolute Gasteiger partial charge is 0.0873 e. The van der Waals surface area contributed by atoms with Gasteiger partial charge in [0.15, 0.2) is 0 Å². The van der Waals surface area contributed by atoms with E-state index in [9.17, 15) is 0 Å². The number of allylic oxidation sites excluding steroid dienone is 1. The molecule has 1 aliphatic rings. The van der Waals surface area contributed by atoms with Gasteiger partial charge in [0, 0.05) is 0 Å². The van der Waals surface area contributed by atoms with E-state index in [2.05, 4.69) is 4.99 Å². The Labute approximate surface area is 24.7 Å². The third kappa shape index (κ3) is 0.0408. The van der Waals surface area contributed by atoms with Gasteiger partial charge >= 0.3 is 0 Å². The first-order chi connectivity index (χ1) is 1.89. The Morgan fingerprint density at radius 2 is 2.25 bits per heavy atom. The second kappa shape index (κ2) is 0.246. The van der Waals surface area contributed by atoms with Crippen molar-refractivity contribution >= 4 is 6.21 Å². The van der Waals surface area contributed by atoms with Crippen LogP contribution in [0.3, 0.4) is 0 Å². The van der Waals surface area contributed by atoms with Crippen molar-refractivity contribution in [2.75, 3.05) is 0 Å². The van der Waals surface area contributed by atoms with Gasteiger partial charge in [-0.2, -0.15) is 0 Å². The minimum atomic E-state index is 0.792. The van der Waals surface area contributed by atoms with Gasteiger partial charge in [0.2, 0.25) is 0 Å². The summed E-state index contributed by atoms with van der Waals surface area (Å²) in [4.78, 5) is 2.67. The zero-order valence-electron chi connectivity index (χ0n) is 2.15. The first kappa shape index (κ1) is 1.70. The molecule has 0 saturated heterocycles. The summed E-state index contributed by atoms with van der Waals surface area (Å²) in [5.41, 5.74) is 0.792. The van der Waals surface area contributed by atoms with E-state index >= 15 is 0 Å². The van der Waals surface area contributed by atoms with Crippen LogP contribution in [0.25, 0.3) is 0 Å². The van der Waals surface area contributed by atoms with Crippen LogP contribution in [-0.4, -0.2) is 6.21 Å². The number of hydrogen-bond acceptors (Lipinski definition) is 0. The van der Waals surface area contributed by atoms with Gasteiger partial charge in [0.1, 0.15) is 0 Å². The maximum absolute atomic E-state index is 4.97. The minimum Gasteiger partial charge on any atom is -0.313 e. The van der Waals surface area contributed by atoms with E-state index < -0.39 is 0 Å². The van der Waals surface area contributed by atoms with Gasteiger partial charge in [-0.05, 0) is 0 Å². The quantitative estimate of drug-likeness (QED) is 0.322. The molecule has 0 atom stereocenters. The molecule has 1 aliphatic heterocycles. The van der Waals surface area contributed by atoms with Crippen LogP contribution in [-0.2, 0) is 0 Å². The van der Waals surface area contributed by atoms with Gasteiger partial charge < -0.3 is 4.99 Å². The van der Waals surface area contributed by atoms with Crippen molar-refractivity contribution < 1.29 is 4.99 Å². The molecule has 4 heavy (non-hydrogen) atoms. The topological polar surface area (TPSA) is 14.0 Å². The molecule has 0 spiro atoms. The predicted octanol–water partition coefficient (Wildman–Crippen LogP) is -1.53. The Morgan fingerprint density at radius 1 is 2.00 bits per heavy atom. The molecule has 0 unspecified atom stereocenters. The van der Waals surface area contributed by atoms with E-state index in [0.29, 0.717) is 0 Å². The number of hydrogen-bond donors (Lipinski definition) is 1. The molecule has 0 aliphatic carbocycles. The number of nitrogens with one attached hydrogen (secondary N) is 1.